The fourth-order valence-corrected chi connectivity index (χ4v) is 5.45. The van der Waals surface area contributed by atoms with E-state index in [0.29, 0.717) is 11.5 Å². The summed E-state index contributed by atoms with van der Waals surface area (Å²) >= 11 is 0. The third-order valence-electron chi connectivity index (χ3n) is 7.17. The molecular formula is C27H30N4O3. The number of aliphatic hydroxyl groups excluding tert-OH is 1. The molecule has 0 amide bonds. The van der Waals surface area contributed by atoms with Crippen molar-refractivity contribution in [1.82, 2.24) is 14.5 Å². The van der Waals surface area contributed by atoms with Gasteiger partial charge < -0.3 is 19.3 Å². The minimum absolute atomic E-state index is 0.00807. The van der Waals surface area contributed by atoms with E-state index >= 15 is 0 Å². The van der Waals surface area contributed by atoms with E-state index in [1.165, 1.54) is 29.6 Å². The second kappa shape index (κ2) is 8.72. The first kappa shape index (κ1) is 22.3. The molecule has 0 spiro atoms. The Labute approximate surface area is 199 Å². The smallest absolute Gasteiger partial charge is 0.309 e. The van der Waals surface area contributed by atoms with Crippen molar-refractivity contribution in [2.75, 3.05) is 18.6 Å². The van der Waals surface area contributed by atoms with Crippen molar-refractivity contribution < 1.29 is 14.6 Å². The SMILES string of the molecule is COC(=O)CC1=C(c2ccc(C)cc2)c2cc(C)n3c2C(C1C)N(c1ncc(CO)cn1)CC3. The summed E-state index contributed by atoms with van der Waals surface area (Å²) < 4.78 is 7.50. The topological polar surface area (TPSA) is 80.5 Å². The van der Waals surface area contributed by atoms with Crippen LogP contribution in [0.4, 0.5) is 5.95 Å². The van der Waals surface area contributed by atoms with Crippen molar-refractivity contribution in [3.63, 3.8) is 0 Å². The zero-order valence-electron chi connectivity index (χ0n) is 20.1. The van der Waals surface area contributed by atoms with Crippen LogP contribution in [0.5, 0.6) is 0 Å². The molecule has 0 radical (unpaired) electrons. The van der Waals surface area contributed by atoms with Crippen LogP contribution < -0.4 is 4.90 Å². The molecule has 7 heteroatoms. The highest BCUT2D eigenvalue weighted by atomic mass is 16.5. The molecule has 1 aromatic carbocycles. The van der Waals surface area contributed by atoms with Gasteiger partial charge in [0.15, 0.2) is 0 Å². The molecule has 1 aliphatic carbocycles. The Balaban J connectivity index is 1.71. The molecule has 0 bridgehead atoms. The number of methoxy groups -OCH3 is 1. The van der Waals surface area contributed by atoms with Gasteiger partial charge in [0.05, 0.1) is 26.2 Å². The number of aliphatic hydroxyl groups is 1. The first-order valence-corrected chi connectivity index (χ1v) is 11.7. The maximum absolute atomic E-state index is 12.5. The molecule has 2 aromatic heterocycles. The van der Waals surface area contributed by atoms with Crippen molar-refractivity contribution >= 4 is 17.5 Å². The van der Waals surface area contributed by atoms with Gasteiger partial charge in [-0.2, -0.15) is 0 Å². The molecule has 2 aliphatic rings. The fourth-order valence-electron chi connectivity index (χ4n) is 5.45. The summed E-state index contributed by atoms with van der Waals surface area (Å²) in [6.45, 7) is 7.93. The molecule has 3 heterocycles. The summed E-state index contributed by atoms with van der Waals surface area (Å²) in [4.78, 5) is 23.9. The van der Waals surface area contributed by atoms with Crippen LogP contribution in [0.25, 0.3) is 5.57 Å². The third kappa shape index (κ3) is 3.60. The van der Waals surface area contributed by atoms with Crippen molar-refractivity contribution in [2.24, 2.45) is 5.92 Å². The summed E-state index contributed by atoms with van der Waals surface area (Å²) in [5.74, 6) is 0.440. The van der Waals surface area contributed by atoms with Crippen molar-refractivity contribution in [3.05, 3.63) is 81.9 Å². The number of rotatable bonds is 5. The van der Waals surface area contributed by atoms with Gasteiger partial charge in [-0.15, -0.1) is 0 Å². The lowest BCUT2D eigenvalue weighted by molar-refractivity contribution is -0.139. The molecule has 7 nitrogen and oxygen atoms in total. The van der Waals surface area contributed by atoms with Crippen LogP contribution in [0.15, 0.2) is 48.3 Å². The van der Waals surface area contributed by atoms with E-state index in [2.05, 4.69) is 70.5 Å². The molecule has 176 valence electrons. The van der Waals surface area contributed by atoms with Gasteiger partial charge >= 0.3 is 5.97 Å². The molecule has 2 atom stereocenters. The molecular weight excluding hydrogens is 428 g/mol. The number of nitrogens with zero attached hydrogens (tertiary/aromatic N) is 4. The minimum atomic E-state index is -0.239. The molecule has 1 N–H and O–H groups in total. The number of carbonyl (C=O) groups excluding carboxylic acids is 1. The third-order valence-corrected chi connectivity index (χ3v) is 7.17. The van der Waals surface area contributed by atoms with E-state index in [0.717, 1.165) is 29.8 Å². The van der Waals surface area contributed by atoms with Gasteiger partial charge in [-0.05, 0) is 36.6 Å². The Morgan fingerprint density at radius 3 is 2.50 bits per heavy atom. The van der Waals surface area contributed by atoms with Crippen LogP contribution in [0.3, 0.4) is 0 Å². The average molecular weight is 459 g/mol. The molecule has 3 aromatic rings. The standard InChI is InChI=1S/C27H30N4O3/c1-16-5-7-20(8-6-16)24-21(12-23(33)34-4)18(3)25-26-22(24)11-17(2)30(26)9-10-31(25)27-28-13-19(15-32)14-29-27/h5-8,11,13-14,18,25,32H,9-10,12,15H2,1-4H3. The molecule has 0 fully saturated rings. The summed E-state index contributed by atoms with van der Waals surface area (Å²) in [5, 5.41) is 9.41. The van der Waals surface area contributed by atoms with Crippen LogP contribution >= 0.6 is 0 Å². The minimum Gasteiger partial charge on any atom is -0.469 e. The molecule has 1 aliphatic heterocycles. The Kier molecular flexibility index (Phi) is 5.73. The number of benzene rings is 1. The lowest BCUT2D eigenvalue weighted by Crippen LogP contribution is -2.44. The van der Waals surface area contributed by atoms with E-state index in [1.807, 2.05) is 0 Å². The highest BCUT2D eigenvalue weighted by molar-refractivity contribution is 5.89. The number of ether oxygens (including phenoxy) is 1. The number of anilines is 1. The first-order valence-electron chi connectivity index (χ1n) is 11.7. The van der Waals surface area contributed by atoms with Crippen LogP contribution in [0, 0.1) is 19.8 Å². The van der Waals surface area contributed by atoms with E-state index in [9.17, 15) is 9.90 Å². The maximum atomic E-state index is 12.5. The highest BCUT2D eigenvalue weighted by Gasteiger charge is 2.43. The molecule has 0 saturated heterocycles. The van der Waals surface area contributed by atoms with E-state index in [1.54, 1.807) is 12.4 Å². The molecule has 2 unspecified atom stereocenters. The first-order chi connectivity index (χ1) is 16.4. The number of aromatic nitrogens is 3. The Bertz CT molecular complexity index is 1260. The zero-order chi connectivity index (χ0) is 24.0. The highest BCUT2D eigenvalue weighted by Crippen LogP contribution is 2.50. The second-order valence-electron chi connectivity index (χ2n) is 9.23. The molecule has 0 saturated carbocycles. The van der Waals surface area contributed by atoms with Gasteiger partial charge in [0.1, 0.15) is 0 Å². The summed E-state index contributed by atoms with van der Waals surface area (Å²) in [5.41, 5.74) is 8.82. The van der Waals surface area contributed by atoms with Crippen LogP contribution in [-0.4, -0.2) is 39.3 Å². The Morgan fingerprint density at radius 1 is 1.15 bits per heavy atom. The summed E-state index contributed by atoms with van der Waals surface area (Å²) in [6.07, 6.45) is 3.59. The molecule has 34 heavy (non-hydrogen) atoms. The normalized spacial score (nSPS) is 19.3. The number of esters is 1. The predicted octanol–water partition coefficient (Wildman–Crippen LogP) is 3.96. The Morgan fingerprint density at radius 2 is 1.85 bits per heavy atom. The largest absolute Gasteiger partial charge is 0.469 e. The van der Waals surface area contributed by atoms with Crippen molar-refractivity contribution in [2.45, 2.75) is 46.4 Å². The van der Waals surface area contributed by atoms with Crippen molar-refractivity contribution in [1.29, 1.82) is 0 Å². The van der Waals surface area contributed by atoms with Gasteiger partial charge in [0.2, 0.25) is 5.95 Å². The molecule has 5 rings (SSSR count). The lowest BCUT2D eigenvalue weighted by atomic mass is 9.74. The van der Waals surface area contributed by atoms with Crippen LogP contribution in [0.1, 0.15) is 53.0 Å². The number of aryl methyl sites for hydroxylation is 2. The maximum Gasteiger partial charge on any atom is 0.309 e. The summed E-state index contributed by atoms with van der Waals surface area (Å²) in [7, 11) is 1.44. The predicted molar refractivity (Wildman–Crippen MR) is 130 cm³/mol. The van der Waals surface area contributed by atoms with E-state index in [4.69, 9.17) is 4.74 Å². The van der Waals surface area contributed by atoms with Gasteiger partial charge in [-0.25, -0.2) is 9.97 Å². The van der Waals surface area contributed by atoms with Gasteiger partial charge in [0.25, 0.3) is 0 Å². The second-order valence-corrected chi connectivity index (χ2v) is 9.23. The number of carbonyl (C=O) groups is 1. The monoisotopic (exact) mass is 458 g/mol. The number of hydrogen-bond acceptors (Lipinski definition) is 6. The Hall–Kier alpha value is -3.45. The van der Waals surface area contributed by atoms with Gasteiger partial charge in [0, 0.05) is 53.9 Å². The van der Waals surface area contributed by atoms with Crippen LogP contribution in [-0.2, 0) is 22.7 Å². The van der Waals surface area contributed by atoms with E-state index < -0.39 is 0 Å². The van der Waals surface area contributed by atoms with Crippen LogP contribution in [0.2, 0.25) is 0 Å². The van der Waals surface area contributed by atoms with Gasteiger partial charge in [-0.1, -0.05) is 36.8 Å². The lowest BCUT2D eigenvalue weighted by Gasteiger charge is -2.45. The van der Waals surface area contributed by atoms with Crippen molar-refractivity contribution in [3.8, 4) is 0 Å². The number of hydrogen-bond donors (Lipinski definition) is 1. The summed E-state index contributed by atoms with van der Waals surface area (Å²) in [6, 6.07) is 10.8. The average Bonchev–Trinajstić information content (AvgIpc) is 3.19. The quantitative estimate of drug-likeness (QED) is 0.583. The van der Waals surface area contributed by atoms with Gasteiger partial charge in [-0.3, -0.25) is 4.79 Å². The fraction of sp³-hybridized carbons (Fsp3) is 0.370. The zero-order valence-corrected chi connectivity index (χ0v) is 20.1. The van der Waals surface area contributed by atoms with E-state index in [-0.39, 0.29) is 31.0 Å².